The van der Waals surface area contributed by atoms with Crippen LogP contribution in [0, 0.1) is 0 Å². The van der Waals surface area contributed by atoms with E-state index >= 15 is 0 Å². The average Bonchev–Trinajstić information content (AvgIpc) is 2.51. The summed E-state index contributed by atoms with van der Waals surface area (Å²) in [6.07, 6.45) is 0.670. The molecule has 2 rings (SSSR count). The lowest BCUT2D eigenvalue weighted by molar-refractivity contribution is -0.290. The number of rotatable bonds is 6. The van der Waals surface area contributed by atoms with Gasteiger partial charge in [0.05, 0.1) is 0 Å². The zero-order valence-electron chi connectivity index (χ0n) is 13.6. The van der Waals surface area contributed by atoms with Gasteiger partial charge in [-0.05, 0) is 40.7 Å². The van der Waals surface area contributed by atoms with Crippen molar-refractivity contribution in [2.45, 2.75) is 19.9 Å². The van der Waals surface area contributed by atoms with Crippen molar-refractivity contribution in [1.29, 1.82) is 0 Å². The van der Waals surface area contributed by atoms with Crippen molar-refractivity contribution >= 4 is 22.7 Å². The maximum atomic E-state index is 9.97. The smallest absolute Gasteiger partial charge is 0.199 e. The Kier molecular flexibility index (Phi) is 5.10. The molecule has 0 atom stereocenters. The molecule has 0 spiro atoms. The number of benzene rings is 2. The number of hydrogen-bond donors (Lipinski definition) is 4. The van der Waals surface area contributed by atoms with Gasteiger partial charge in [0.15, 0.2) is 5.69 Å². The molecule has 124 valence electrons. The van der Waals surface area contributed by atoms with Crippen molar-refractivity contribution < 1.29 is 10.4 Å². The van der Waals surface area contributed by atoms with Crippen LogP contribution >= 0.6 is 0 Å². The first-order valence-corrected chi connectivity index (χ1v) is 7.62. The molecule has 0 aliphatic heterocycles. The van der Waals surface area contributed by atoms with Gasteiger partial charge >= 0.3 is 0 Å². The second-order valence-electron chi connectivity index (χ2n) is 5.78. The van der Waals surface area contributed by atoms with Crippen molar-refractivity contribution in [2.75, 3.05) is 30.0 Å². The van der Waals surface area contributed by atoms with Crippen LogP contribution in [0.1, 0.15) is 18.9 Å². The summed E-state index contributed by atoms with van der Waals surface area (Å²) in [6.45, 7) is 2.76. The molecular formula is C17H25N4O2+. The Morgan fingerprint density at radius 1 is 1.04 bits per heavy atom. The maximum Gasteiger partial charge on any atom is 0.199 e. The molecule has 2 aromatic rings. The van der Waals surface area contributed by atoms with Crippen LogP contribution in [0.4, 0.5) is 22.7 Å². The highest BCUT2D eigenvalue weighted by Gasteiger charge is 2.25. The minimum Gasteiger partial charge on any atom is -0.399 e. The van der Waals surface area contributed by atoms with Crippen molar-refractivity contribution in [3.05, 3.63) is 48.0 Å². The van der Waals surface area contributed by atoms with Crippen LogP contribution < -0.4 is 21.2 Å². The molecule has 0 aliphatic rings. The van der Waals surface area contributed by atoms with Gasteiger partial charge in [0.1, 0.15) is 6.54 Å². The second kappa shape index (κ2) is 6.87. The van der Waals surface area contributed by atoms with Gasteiger partial charge in [0, 0.05) is 49.2 Å². The second-order valence-corrected chi connectivity index (χ2v) is 5.78. The summed E-state index contributed by atoms with van der Waals surface area (Å²) in [7, 11) is 1.95. The van der Waals surface area contributed by atoms with Gasteiger partial charge in [-0.25, -0.2) is 0 Å². The van der Waals surface area contributed by atoms with Crippen LogP contribution in [0.15, 0.2) is 42.5 Å². The predicted octanol–water partition coefficient (Wildman–Crippen LogP) is 2.98. The summed E-state index contributed by atoms with van der Waals surface area (Å²) in [5.41, 5.74) is 15.5. The molecule has 6 nitrogen and oxygen atoms in total. The zero-order valence-corrected chi connectivity index (χ0v) is 13.6. The van der Waals surface area contributed by atoms with Crippen LogP contribution in [0.5, 0.6) is 0 Å². The van der Waals surface area contributed by atoms with E-state index in [9.17, 15) is 10.4 Å². The summed E-state index contributed by atoms with van der Waals surface area (Å²) in [5.74, 6) is 0. The highest BCUT2D eigenvalue weighted by molar-refractivity contribution is 5.58. The standard InChI is InChI=1S/C17H25N4O2/c1-3-10-21(22,23)16-7-5-15(6-8-16)20(2)12-13-11-14(18)4-9-17(13)19/h4-9,11,22-23H,3,10,12,18-19H2,1-2H3/q+1. The molecule has 2 aromatic carbocycles. The molecule has 0 bridgehead atoms. The minimum absolute atomic E-state index is 0.245. The number of anilines is 3. The van der Waals surface area contributed by atoms with Gasteiger partial charge in [-0.15, -0.1) is 0 Å². The number of nitrogens with zero attached hydrogens (tertiary/aromatic N) is 2. The molecule has 0 saturated heterocycles. The maximum absolute atomic E-state index is 9.97. The molecular weight excluding hydrogens is 292 g/mol. The summed E-state index contributed by atoms with van der Waals surface area (Å²) in [5, 5.41) is 19.9. The molecule has 0 fully saturated rings. The first-order valence-electron chi connectivity index (χ1n) is 7.62. The highest BCUT2D eigenvalue weighted by Crippen LogP contribution is 2.25. The molecule has 0 amide bonds. The Labute approximate surface area is 136 Å². The first kappa shape index (κ1) is 17.1. The monoisotopic (exact) mass is 317 g/mol. The van der Waals surface area contributed by atoms with Crippen molar-refractivity contribution in [3.63, 3.8) is 0 Å². The van der Waals surface area contributed by atoms with Crippen LogP contribution in [-0.2, 0) is 6.54 Å². The van der Waals surface area contributed by atoms with Gasteiger partial charge in [-0.3, -0.25) is 0 Å². The van der Waals surface area contributed by atoms with E-state index in [1.807, 2.05) is 37.1 Å². The Hall–Kier alpha value is -2.28. The Morgan fingerprint density at radius 2 is 1.70 bits per heavy atom. The quantitative estimate of drug-likeness (QED) is 0.373. The number of quaternary nitrogens is 1. The predicted molar refractivity (Wildman–Crippen MR) is 94.3 cm³/mol. The average molecular weight is 317 g/mol. The van der Waals surface area contributed by atoms with E-state index < -0.39 is 4.81 Å². The summed E-state index contributed by atoms with van der Waals surface area (Å²) in [4.78, 5) is 0.931. The largest absolute Gasteiger partial charge is 0.399 e. The normalized spacial score (nSPS) is 11.5. The first-order chi connectivity index (χ1) is 10.8. The molecule has 6 heteroatoms. The van der Waals surface area contributed by atoms with Crippen LogP contribution in [0.2, 0.25) is 0 Å². The zero-order chi connectivity index (χ0) is 17.0. The van der Waals surface area contributed by atoms with Crippen LogP contribution in [0.25, 0.3) is 0 Å². The van der Waals surface area contributed by atoms with Gasteiger partial charge < -0.3 is 16.4 Å². The molecule has 0 heterocycles. The lowest BCUT2D eigenvalue weighted by Gasteiger charge is -2.23. The van der Waals surface area contributed by atoms with Crippen LogP contribution in [-0.4, -0.2) is 24.0 Å². The molecule has 0 aromatic heterocycles. The van der Waals surface area contributed by atoms with E-state index in [0.717, 1.165) is 11.3 Å². The fraction of sp³-hybridized carbons (Fsp3) is 0.294. The number of nitrogens with two attached hydrogens (primary N) is 2. The molecule has 0 saturated carbocycles. The molecule has 0 unspecified atom stereocenters. The highest BCUT2D eigenvalue weighted by atomic mass is 16.8. The van der Waals surface area contributed by atoms with Crippen LogP contribution in [0.3, 0.4) is 0 Å². The lowest BCUT2D eigenvalue weighted by Crippen LogP contribution is -2.42. The van der Waals surface area contributed by atoms with E-state index in [-0.39, 0.29) is 6.54 Å². The number of nitrogen functional groups attached to an aromatic ring is 2. The summed E-state index contributed by atoms with van der Waals surface area (Å²) in [6, 6.07) is 12.6. The third-order valence-electron chi connectivity index (χ3n) is 3.81. The topological polar surface area (TPSA) is 95.7 Å². The third kappa shape index (κ3) is 4.13. The van der Waals surface area contributed by atoms with Gasteiger partial charge in [-0.2, -0.15) is 10.4 Å². The minimum atomic E-state index is -1.09. The fourth-order valence-corrected chi connectivity index (χ4v) is 2.50. The van der Waals surface area contributed by atoms with E-state index in [2.05, 4.69) is 0 Å². The van der Waals surface area contributed by atoms with Gasteiger partial charge in [-0.1, -0.05) is 6.92 Å². The van der Waals surface area contributed by atoms with Crippen molar-refractivity contribution in [2.24, 2.45) is 0 Å². The van der Waals surface area contributed by atoms with E-state index in [1.54, 1.807) is 24.3 Å². The van der Waals surface area contributed by atoms with E-state index in [4.69, 9.17) is 11.5 Å². The Morgan fingerprint density at radius 3 is 2.30 bits per heavy atom. The van der Waals surface area contributed by atoms with Crippen molar-refractivity contribution in [1.82, 2.24) is 4.81 Å². The molecule has 6 N–H and O–H groups in total. The fourth-order valence-electron chi connectivity index (χ4n) is 2.50. The van der Waals surface area contributed by atoms with Gasteiger partial charge in [0.2, 0.25) is 0 Å². The third-order valence-corrected chi connectivity index (χ3v) is 3.81. The molecule has 0 radical (unpaired) electrons. The van der Waals surface area contributed by atoms with Gasteiger partial charge in [0.25, 0.3) is 0 Å². The molecule has 23 heavy (non-hydrogen) atoms. The number of hydroxylamine groups is 2. The summed E-state index contributed by atoms with van der Waals surface area (Å²) < 4.78 is 0. The molecule has 0 aliphatic carbocycles. The summed E-state index contributed by atoms with van der Waals surface area (Å²) >= 11 is 0. The SMILES string of the molecule is CCC[N+](O)(O)c1ccc(N(C)Cc2cc(N)ccc2N)cc1. The lowest BCUT2D eigenvalue weighted by atomic mass is 10.1. The van der Waals surface area contributed by atoms with Crippen molar-refractivity contribution in [3.8, 4) is 0 Å². The Bertz CT molecular complexity index is 656. The van der Waals surface area contributed by atoms with E-state index in [1.165, 1.54) is 0 Å². The number of hydrogen-bond acceptors (Lipinski definition) is 5. The van der Waals surface area contributed by atoms with E-state index in [0.29, 0.717) is 30.0 Å². The Balaban J connectivity index is 2.14.